The van der Waals surface area contributed by atoms with Crippen LogP contribution in [0.3, 0.4) is 0 Å². The van der Waals surface area contributed by atoms with Gasteiger partial charge in [-0.2, -0.15) is 0 Å². The Morgan fingerprint density at radius 1 is 1.07 bits per heavy atom. The largest absolute Gasteiger partial charge is 0.481 e. The molecule has 0 amide bonds. The molecule has 0 saturated heterocycles. The number of aliphatic carboxylic acids is 1. The van der Waals surface area contributed by atoms with Crippen LogP contribution in [0.15, 0.2) is 0 Å². The van der Waals surface area contributed by atoms with Crippen LogP contribution >= 0.6 is 7.14 Å². The van der Waals surface area contributed by atoms with Crippen molar-refractivity contribution >= 4 is 13.1 Å². The molecule has 0 aliphatic heterocycles. The number of carboxylic acids is 1. The quantitative estimate of drug-likeness (QED) is 0.622. The third kappa shape index (κ3) is 7.61. The number of hydrogen-bond donors (Lipinski definition) is 1. The Balaban J connectivity index is 4.13. The normalized spacial score (nSPS) is 11.6. The van der Waals surface area contributed by atoms with Crippen molar-refractivity contribution < 1.29 is 14.5 Å². The molecule has 0 spiro atoms. The van der Waals surface area contributed by atoms with Gasteiger partial charge in [0.25, 0.3) is 0 Å². The molecule has 0 fully saturated rings. The molecule has 0 heterocycles. The Morgan fingerprint density at radius 2 is 1.53 bits per heavy atom. The fraction of sp³-hybridized carbons (Fsp3) is 0.909. The zero-order chi connectivity index (χ0) is 11.7. The van der Waals surface area contributed by atoms with Crippen molar-refractivity contribution in [2.45, 2.75) is 46.0 Å². The van der Waals surface area contributed by atoms with Crippen LogP contribution in [0.2, 0.25) is 0 Å². The summed E-state index contributed by atoms with van der Waals surface area (Å²) in [5.41, 5.74) is 0. The predicted octanol–water partition coefficient (Wildman–Crippen LogP) is 3.42. The van der Waals surface area contributed by atoms with Crippen molar-refractivity contribution in [3.63, 3.8) is 0 Å². The lowest BCUT2D eigenvalue weighted by molar-refractivity contribution is -0.136. The maximum Gasteiger partial charge on any atom is 0.303 e. The van der Waals surface area contributed by atoms with Gasteiger partial charge in [0.15, 0.2) is 0 Å². The fourth-order valence-electron chi connectivity index (χ4n) is 1.53. The number of hydrogen-bond acceptors (Lipinski definition) is 2. The first-order chi connectivity index (χ1) is 7.04. The molecule has 0 aliphatic carbocycles. The van der Waals surface area contributed by atoms with E-state index in [4.69, 9.17) is 5.11 Å². The highest BCUT2D eigenvalue weighted by Gasteiger charge is 2.21. The van der Waals surface area contributed by atoms with Crippen LogP contribution in [0.4, 0.5) is 0 Å². The molecule has 0 aromatic rings. The molecule has 0 unspecified atom stereocenters. The summed E-state index contributed by atoms with van der Waals surface area (Å²) in [6.45, 7) is 4.14. The third-order valence-electron chi connectivity index (χ3n) is 2.57. The van der Waals surface area contributed by atoms with Gasteiger partial charge in [-0.05, 0) is 12.8 Å². The fourth-order valence-corrected chi connectivity index (χ4v) is 4.58. The van der Waals surface area contributed by atoms with Gasteiger partial charge in [-0.3, -0.25) is 4.79 Å². The molecule has 0 bridgehead atoms. The number of unbranched alkanes of at least 4 members (excludes halogenated alkanes) is 2. The average molecular weight is 234 g/mol. The van der Waals surface area contributed by atoms with Crippen molar-refractivity contribution in [2.75, 3.05) is 18.5 Å². The van der Waals surface area contributed by atoms with E-state index >= 15 is 0 Å². The van der Waals surface area contributed by atoms with Crippen molar-refractivity contribution in [1.29, 1.82) is 0 Å². The van der Waals surface area contributed by atoms with E-state index < -0.39 is 13.1 Å². The summed E-state index contributed by atoms with van der Waals surface area (Å²) < 4.78 is 12.4. The number of rotatable bonds is 9. The van der Waals surface area contributed by atoms with E-state index in [0.29, 0.717) is 6.16 Å². The van der Waals surface area contributed by atoms with Crippen molar-refractivity contribution in [3.05, 3.63) is 0 Å². The number of carbonyl (C=O) groups is 1. The Bertz CT molecular complexity index is 214. The molecule has 0 atom stereocenters. The van der Waals surface area contributed by atoms with Crippen LogP contribution in [0.1, 0.15) is 46.0 Å². The van der Waals surface area contributed by atoms with Crippen LogP contribution in [-0.4, -0.2) is 29.6 Å². The van der Waals surface area contributed by atoms with Crippen LogP contribution in [-0.2, 0) is 9.36 Å². The van der Waals surface area contributed by atoms with E-state index in [-0.39, 0.29) is 6.42 Å². The highest BCUT2D eigenvalue weighted by atomic mass is 31.2. The molecule has 0 saturated carbocycles. The maximum atomic E-state index is 12.4. The molecule has 0 aromatic carbocycles. The monoisotopic (exact) mass is 234 g/mol. The van der Waals surface area contributed by atoms with Gasteiger partial charge >= 0.3 is 5.97 Å². The lowest BCUT2D eigenvalue weighted by Gasteiger charge is -2.16. The Labute approximate surface area is 92.6 Å². The summed E-state index contributed by atoms with van der Waals surface area (Å²) in [6.07, 6.45) is 5.90. The zero-order valence-electron chi connectivity index (χ0n) is 9.87. The zero-order valence-corrected chi connectivity index (χ0v) is 10.8. The molecular formula is C11H23O3P. The summed E-state index contributed by atoms with van der Waals surface area (Å²) >= 11 is 0. The van der Waals surface area contributed by atoms with Crippen molar-refractivity contribution in [3.8, 4) is 0 Å². The van der Waals surface area contributed by atoms with Crippen LogP contribution in [0.5, 0.6) is 0 Å². The highest BCUT2D eigenvalue weighted by Crippen LogP contribution is 2.47. The second-order valence-corrected chi connectivity index (χ2v) is 7.54. The molecule has 90 valence electrons. The standard InChI is InChI=1S/C11H23O3P/c1-3-5-8-15(14,9-6-4-2)10-7-11(12)13/h3-10H2,1-2H3,(H,12,13). The summed E-state index contributed by atoms with van der Waals surface area (Å²) in [5, 5.41) is 8.61. The van der Waals surface area contributed by atoms with Gasteiger partial charge in [0.1, 0.15) is 0 Å². The van der Waals surface area contributed by atoms with Crippen molar-refractivity contribution in [2.24, 2.45) is 0 Å². The summed E-state index contributed by atoms with van der Waals surface area (Å²) in [4.78, 5) is 10.5. The predicted molar refractivity (Wildman–Crippen MR) is 64.3 cm³/mol. The molecule has 3 nitrogen and oxygen atoms in total. The van der Waals surface area contributed by atoms with Crippen LogP contribution in [0, 0.1) is 0 Å². The van der Waals surface area contributed by atoms with Gasteiger partial charge in [-0.1, -0.05) is 26.7 Å². The van der Waals surface area contributed by atoms with E-state index in [9.17, 15) is 9.36 Å². The Kier molecular flexibility index (Phi) is 7.76. The Hall–Kier alpha value is -0.300. The lowest BCUT2D eigenvalue weighted by atomic mass is 10.4. The minimum Gasteiger partial charge on any atom is -0.481 e. The minimum atomic E-state index is -2.19. The van der Waals surface area contributed by atoms with E-state index in [1.54, 1.807) is 0 Å². The molecule has 0 aromatic heterocycles. The van der Waals surface area contributed by atoms with Gasteiger partial charge in [0.2, 0.25) is 0 Å². The Morgan fingerprint density at radius 3 is 1.87 bits per heavy atom. The first-order valence-corrected chi connectivity index (χ1v) is 8.09. The third-order valence-corrected chi connectivity index (χ3v) is 5.87. The smallest absolute Gasteiger partial charge is 0.303 e. The first kappa shape index (κ1) is 14.7. The van der Waals surface area contributed by atoms with E-state index in [2.05, 4.69) is 13.8 Å². The molecular weight excluding hydrogens is 211 g/mol. The van der Waals surface area contributed by atoms with E-state index in [1.807, 2.05) is 0 Å². The van der Waals surface area contributed by atoms with Crippen LogP contribution in [0.25, 0.3) is 0 Å². The van der Waals surface area contributed by atoms with E-state index in [1.165, 1.54) is 0 Å². The molecule has 0 rings (SSSR count). The van der Waals surface area contributed by atoms with Gasteiger partial charge in [-0.15, -0.1) is 0 Å². The lowest BCUT2D eigenvalue weighted by Crippen LogP contribution is -2.05. The summed E-state index contributed by atoms with van der Waals surface area (Å²) in [6, 6.07) is 0. The molecule has 1 N–H and O–H groups in total. The molecule has 0 aliphatic rings. The minimum absolute atomic E-state index is 0.0602. The SMILES string of the molecule is CCCCP(=O)(CCCC)CCC(=O)O. The maximum absolute atomic E-state index is 12.4. The van der Waals surface area contributed by atoms with Crippen LogP contribution < -0.4 is 0 Å². The molecule has 0 radical (unpaired) electrons. The topological polar surface area (TPSA) is 54.4 Å². The van der Waals surface area contributed by atoms with Gasteiger partial charge < -0.3 is 9.67 Å². The second-order valence-electron chi connectivity index (χ2n) is 4.08. The van der Waals surface area contributed by atoms with Crippen molar-refractivity contribution in [1.82, 2.24) is 0 Å². The summed E-state index contributed by atoms with van der Waals surface area (Å²) in [7, 11) is -2.19. The number of carboxylic acid groups (broad SMARTS) is 1. The van der Waals surface area contributed by atoms with E-state index in [0.717, 1.165) is 38.0 Å². The van der Waals surface area contributed by atoms with Gasteiger partial charge in [0.05, 0.1) is 13.6 Å². The molecule has 4 heteroatoms. The summed E-state index contributed by atoms with van der Waals surface area (Å²) in [5.74, 6) is -0.830. The first-order valence-electron chi connectivity index (χ1n) is 5.83. The van der Waals surface area contributed by atoms with Gasteiger partial charge in [-0.25, -0.2) is 0 Å². The second kappa shape index (κ2) is 7.92. The molecule has 15 heavy (non-hydrogen) atoms. The highest BCUT2D eigenvalue weighted by molar-refractivity contribution is 7.63. The average Bonchev–Trinajstić information content (AvgIpc) is 2.21. The van der Waals surface area contributed by atoms with Gasteiger partial charge in [0, 0.05) is 18.5 Å².